The Morgan fingerprint density at radius 1 is 0.980 bits per heavy atom. The van der Waals surface area contributed by atoms with Crippen LogP contribution in [0.2, 0.25) is 0 Å². The molecule has 11 heteroatoms. The summed E-state index contributed by atoms with van der Waals surface area (Å²) in [6, 6.07) is 20.9. The van der Waals surface area contributed by atoms with Crippen molar-refractivity contribution in [2.45, 2.75) is 63.4 Å². The number of hydrogen-bond donors (Lipinski definition) is 3. The summed E-state index contributed by atoms with van der Waals surface area (Å²) in [4.78, 5) is 40.7. The number of imidazole rings is 1. The molecule has 0 saturated carbocycles. The van der Waals surface area contributed by atoms with Crippen molar-refractivity contribution < 1.29 is 23.8 Å². The normalized spacial score (nSPS) is 21.8. The van der Waals surface area contributed by atoms with Gasteiger partial charge in [-0.15, -0.1) is 0 Å². The van der Waals surface area contributed by atoms with E-state index in [-0.39, 0.29) is 18.4 Å². The zero-order chi connectivity index (χ0) is 35.1. The van der Waals surface area contributed by atoms with Gasteiger partial charge in [0.15, 0.2) is 5.79 Å². The summed E-state index contributed by atoms with van der Waals surface area (Å²) < 4.78 is 16.9. The Morgan fingerprint density at radius 3 is 2.39 bits per heavy atom. The maximum absolute atomic E-state index is 13.9. The number of rotatable bonds is 8. The summed E-state index contributed by atoms with van der Waals surface area (Å²) in [6.45, 7) is 6.02. The molecular weight excluding hydrogens is 644 g/mol. The Kier molecular flexibility index (Phi) is 8.95. The molecule has 3 saturated heterocycles. The smallest absolute Gasteiger partial charge is 0.407 e. The molecule has 0 bridgehead atoms. The molecule has 0 aliphatic carbocycles. The van der Waals surface area contributed by atoms with E-state index >= 15 is 0 Å². The predicted octanol–water partition coefficient (Wildman–Crippen LogP) is 6.23. The van der Waals surface area contributed by atoms with Crippen LogP contribution in [0.15, 0.2) is 78.1 Å². The maximum Gasteiger partial charge on any atom is 0.407 e. The van der Waals surface area contributed by atoms with E-state index in [1.54, 1.807) is 11.1 Å². The van der Waals surface area contributed by atoms with Crippen LogP contribution in [0.3, 0.4) is 0 Å². The predicted molar refractivity (Wildman–Crippen MR) is 196 cm³/mol. The summed E-state index contributed by atoms with van der Waals surface area (Å²) in [5.41, 5.74) is 7.93. The molecule has 5 heterocycles. The lowest BCUT2D eigenvalue weighted by Gasteiger charge is -2.30. The zero-order valence-corrected chi connectivity index (χ0v) is 29.3. The minimum Gasteiger partial charge on any atom is -0.453 e. The van der Waals surface area contributed by atoms with Crippen LogP contribution in [0.4, 0.5) is 4.79 Å². The van der Waals surface area contributed by atoms with Crippen LogP contribution < -0.4 is 10.6 Å². The van der Waals surface area contributed by atoms with Gasteiger partial charge < -0.3 is 34.7 Å². The fourth-order valence-electron chi connectivity index (χ4n) is 7.83. The number of H-pyrrole nitrogens is 1. The minimum absolute atomic E-state index is 0.166. The van der Waals surface area contributed by atoms with Crippen LogP contribution >= 0.6 is 0 Å². The topological polar surface area (TPSA) is 130 Å². The number of ether oxygens (including phenoxy) is 3. The molecule has 1 aromatic heterocycles. The van der Waals surface area contributed by atoms with Crippen LogP contribution in [0.25, 0.3) is 38.7 Å². The average molecular weight is 689 g/mol. The van der Waals surface area contributed by atoms with Crippen molar-refractivity contribution in [3.63, 3.8) is 0 Å². The number of hydrogen-bond acceptors (Lipinski definition) is 8. The summed E-state index contributed by atoms with van der Waals surface area (Å²) in [5.74, 6) is -0.665. The number of aliphatic imine (C=N–C) groups is 1. The van der Waals surface area contributed by atoms with Gasteiger partial charge in [0.1, 0.15) is 11.9 Å². The Bertz CT molecular complexity index is 2000. The number of fused-ring (bicyclic) bond motifs is 1. The van der Waals surface area contributed by atoms with Gasteiger partial charge in [-0.3, -0.25) is 9.79 Å². The van der Waals surface area contributed by atoms with Crippen LogP contribution in [-0.4, -0.2) is 83.9 Å². The van der Waals surface area contributed by atoms with Crippen molar-refractivity contribution in [2.24, 2.45) is 10.9 Å². The zero-order valence-electron chi connectivity index (χ0n) is 29.3. The van der Waals surface area contributed by atoms with Gasteiger partial charge in [-0.25, -0.2) is 9.78 Å². The number of benzene rings is 3. The van der Waals surface area contributed by atoms with E-state index < -0.39 is 24.0 Å². The second-order valence-electron chi connectivity index (χ2n) is 14.3. The maximum atomic E-state index is 13.9. The molecule has 3 aromatic carbocycles. The van der Waals surface area contributed by atoms with Crippen LogP contribution in [0.5, 0.6) is 0 Å². The lowest BCUT2D eigenvalue weighted by Crippen LogP contribution is -2.52. The van der Waals surface area contributed by atoms with Gasteiger partial charge >= 0.3 is 6.09 Å². The van der Waals surface area contributed by atoms with Gasteiger partial charge in [-0.05, 0) is 70.5 Å². The van der Waals surface area contributed by atoms with E-state index in [9.17, 15) is 9.59 Å². The molecular formula is C40H44N6O5. The third kappa shape index (κ3) is 6.57. The number of carbonyl (C=O) groups is 2. The molecule has 3 atom stereocenters. The van der Waals surface area contributed by atoms with Gasteiger partial charge in [-0.1, -0.05) is 62.4 Å². The minimum atomic E-state index is -0.903. The second-order valence-corrected chi connectivity index (χ2v) is 14.3. The first-order valence-electron chi connectivity index (χ1n) is 17.9. The lowest BCUT2D eigenvalue weighted by molar-refractivity contribution is -0.153. The number of aromatic amines is 1. The highest BCUT2D eigenvalue weighted by atomic mass is 16.7. The van der Waals surface area contributed by atoms with E-state index in [1.165, 1.54) is 42.4 Å². The Labute approximate surface area is 297 Å². The van der Waals surface area contributed by atoms with Gasteiger partial charge in [0.05, 0.1) is 44.8 Å². The fourth-order valence-corrected chi connectivity index (χ4v) is 7.83. The van der Waals surface area contributed by atoms with Crippen molar-refractivity contribution >= 4 is 34.1 Å². The number of nitrogens with one attached hydrogen (secondary N) is 3. The summed E-state index contributed by atoms with van der Waals surface area (Å²) in [6.07, 6.45) is 6.94. The quantitative estimate of drug-likeness (QED) is 0.200. The third-order valence-corrected chi connectivity index (χ3v) is 10.7. The number of likely N-dealkylation sites (tertiary alicyclic amines) is 1. The number of alkyl carbamates (subject to hydrolysis) is 1. The third-order valence-electron chi connectivity index (χ3n) is 10.7. The largest absolute Gasteiger partial charge is 0.453 e. The van der Waals surface area contributed by atoms with E-state index in [0.29, 0.717) is 31.5 Å². The Hall–Kier alpha value is -4.84. The lowest BCUT2D eigenvalue weighted by atomic mass is 9.95. The molecule has 4 aliphatic rings. The van der Waals surface area contributed by atoms with Gasteiger partial charge in [0.2, 0.25) is 5.91 Å². The monoisotopic (exact) mass is 688 g/mol. The SMILES string of the molecule is COC(=O)N[C@H](C(=O)N1CC2(C[C@H]1c1ncc(-c3ccc4cc(-c5ccc(C6=CN=C(C7CCCN7)C6)cc5)ccc4c3)[nH]1)OCCO2)C(C)C. The van der Waals surface area contributed by atoms with E-state index in [4.69, 9.17) is 24.2 Å². The van der Waals surface area contributed by atoms with E-state index in [1.807, 2.05) is 20.0 Å². The highest BCUT2D eigenvalue weighted by Gasteiger charge is 2.52. The van der Waals surface area contributed by atoms with Crippen molar-refractivity contribution in [3.8, 4) is 22.4 Å². The average Bonchev–Trinajstić information content (AvgIpc) is 4.00. The molecule has 4 aromatic rings. The molecule has 1 spiro atoms. The standard InChI is InChI=1S/C40H44N6O5/c1-24(2)36(45-39(48)49-3)38(47)46-23-40(50-15-16-51-40)20-35(46)37-43-22-34(44-37)30-13-12-28-17-27(10-11-29(28)18-30)25-6-8-26(9-7-25)31-19-33(42-21-31)32-5-4-14-41-32/h6-13,17-18,21-22,24,32,35-36,41H,4-5,14-16,19-20,23H2,1-3H3,(H,43,44)(H,45,48)/t32?,35-,36-/m0/s1. The molecule has 3 fully saturated rings. The van der Waals surface area contributed by atoms with Gasteiger partial charge in [0, 0.05) is 36.4 Å². The Balaban J connectivity index is 0.991. The molecule has 8 rings (SSSR count). The molecule has 3 N–H and O–H groups in total. The first-order valence-corrected chi connectivity index (χ1v) is 17.9. The number of nitrogens with zero attached hydrogens (tertiary/aromatic N) is 3. The van der Waals surface area contributed by atoms with Crippen molar-refractivity contribution in [2.75, 3.05) is 33.4 Å². The van der Waals surface area contributed by atoms with E-state index in [0.717, 1.165) is 40.6 Å². The summed E-state index contributed by atoms with van der Waals surface area (Å²) in [7, 11) is 1.29. The number of allylic oxidation sites excluding steroid dienone is 1. The molecule has 4 aliphatic heterocycles. The van der Waals surface area contributed by atoms with Crippen LogP contribution in [-0.2, 0) is 19.0 Å². The molecule has 0 radical (unpaired) electrons. The van der Waals surface area contributed by atoms with Crippen molar-refractivity contribution in [1.29, 1.82) is 0 Å². The van der Waals surface area contributed by atoms with Crippen LogP contribution in [0.1, 0.15) is 57.0 Å². The number of methoxy groups -OCH3 is 1. The first-order chi connectivity index (χ1) is 24.8. The van der Waals surface area contributed by atoms with E-state index in [2.05, 4.69) is 76.3 Å². The fraction of sp³-hybridized carbons (Fsp3) is 0.400. The molecule has 11 nitrogen and oxygen atoms in total. The molecule has 51 heavy (non-hydrogen) atoms. The molecule has 1 unspecified atom stereocenters. The van der Waals surface area contributed by atoms with Gasteiger partial charge in [0.25, 0.3) is 0 Å². The number of amides is 2. The molecule has 264 valence electrons. The first kappa shape index (κ1) is 33.3. The summed E-state index contributed by atoms with van der Waals surface area (Å²) in [5, 5.41) is 8.53. The number of carbonyl (C=O) groups excluding carboxylic acids is 2. The highest BCUT2D eigenvalue weighted by molar-refractivity contribution is 6.01. The highest BCUT2D eigenvalue weighted by Crippen LogP contribution is 2.43. The number of aromatic nitrogens is 2. The second kappa shape index (κ2) is 13.7. The summed E-state index contributed by atoms with van der Waals surface area (Å²) >= 11 is 0. The van der Waals surface area contributed by atoms with Crippen molar-refractivity contribution in [1.82, 2.24) is 25.5 Å². The van der Waals surface area contributed by atoms with Crippen LogP contribution in [0, 0.1) is 5.92 Å². The van der Waals surface area contributed by atoms with Gasteiger partial charge in [-0.2, -0.15) is 0 Å². The van der Waals surface area contributed by atoms with Crippen molar-refractivity contribution in [3.05, 3.63) is 84.4 Å². The Morgan fingerprint density at radius 2 is 1.69 bits per heavy atom. The molecule has 2 amide bonds.